The maximum absolute atomic E-state index is 9.98. The molecule has 0 spiro atoms. The van der Waals surface area contributed by atoms with E-state index in [0.717, 1.165) is 18.4 Å². The first kappa shape index (κ1) is 12.4. The molecule has 0 aromatic carbocycles. The zero-order valence-electron chi connectivity index (χ0n) is 10.7. The van der Waals surface area contributed by atoms with Gasteiger partial charge in [0.05, 0.1) is 6.04 Å². The molecule has 2 aliphatic rings. The summed E-state index contributed by atoms with van der Waals surface area (Å²) in [4.78, 5) is 0. The molecule has 1 heterocycles. The third-order valence-electron chi connectivity index (χ3n) is 4.62. The predicted octanol–water partition coefficient (Wildman–Crippen LogP) is 1.82. The Balaban J connectivity index is 1.71. The van der Waals surface area contributed by atoms with Crippen molar-refractivity contribution in [2.45, 2.75) is 82.9 Å². The molecule has 2 nitrogen and oxygen atoms in total. The SMILES string of the molecule is CC1CCC(O)C(CCC2CCCCC2)[NH2+]1. The highest BCUT2D eigenvalue weighted by atomic mass is 16.3. The zero-order valence-corrected chi connectivity index (χ0v) is 10.7. The van der Waals surface area contributed by atoms with E-state index < -0.39 is 0 Å². The lowest BCUT2D eigenvalue weighted by Gasteiger charge is -2.31. The summed E-state index contributed by atoms with van der Waals surface area (Å²) >= 11 is 0. The molecule has 0 radical (unpaired) electrons. The van der Waals surface area contributed by atoms with Gasteiger partial charge in [0, 0.05) is 12.8 Å². The molecule has 0 amide bonds. The van der Waals surface area contributed by atoms with Crippen LogP contribution in [0.15, 0.2) is 0 Å². The molecule has 1 aliphatic carbocycles. The summed E-state index contributed by atoms with van der Waals surface area (Å²) in [6.07, 6.45) is 12.0. The number of hydrogen-bond acceptors (Lipinski definition) is 1. The van der Waals surface area contributed by atoms with Crippen LogP contribution in [0.4, 0.5) is 0 Å². The number of aliphatic hydroxyl groups is 1. The van der Waals surface area contributed by atoms with Gasteiger partial charge < -0.3 is 10.4 Å². The topological polar surface area (TPSA) is 36.8 Å². The van der Waals surface area contributed by atoms with Gasteiger partial charge >= 0.3 is 0 Å². The Kier molecular flexibility index (Phi) is 4.66. The van der Waals surface area contributed by atoms with E-state index in [1.165, 1.54) is 51.4 Å². The first-order chi connectivity index (χ1) is 7.75. The third-order valence-corrected chi connectivity index (χ3v) is 4.62. The lowest BCUT2D eigenvalue weighted by Crippen LogP contribution is -2.98. The number of rotatable bonds is 3. The van der Waals surface area contributed by atoms with Crippen molar-refractivity contribution in [3.8, 4) is 0 Å². The normalized spacial score (nSPS) is 37.5. The molecule has 94 valence electrons. The van der Waals surface area contributed by atoms with E-state index in [-0.39, 0.29) is 6.10 Å². The molecule has 3 N–H and O–H groups in total. The highest BCUT2D eigenvalue weighted by molar-refractivity contribution is 4.75. The number of quaternary nitrogens is 1. The Hall–Kier alpha value is -0.0800. The van der Waals surface area contributed by atoms with Gasteiger partial charge in [0.15, 0.2) is 0 Å². The molecular formula is C14H28NO+. The van der Waals surface area contributed by atoms with Crippen LogP contribution in [0.5, 0.6) is 0 Å². The van der Waals surface area contributed by atoms with Gasteiger partial charge in [-0.1, -0.05) is 32.1 Å². The zero-order chi connectivity index (χ0) is 11.4. The molecule has 2 heteroatoms. The molecule has 1 saturated carbocycles. The van der Waals surface area contributed by atoms with Crippen LogP contribution < -0.4 is 5.32 Å². The second kappa shape index (κ2) is 6.02. The van der Waals surface area contributed by atoms with Gasteiger partial charge in [-0.3, -0.25) is 0 Å². The molecule has 2 rings (SSSR count). The maximum atomic E-state index is 9.98. The van der Waals surface area contributed by atoms with Crippen LogP contribution in [0.1, 0.15) is 64.7 Å². The second-order valence-electron chi connectivity index (χ2n) is 6.06. The second-order valence-corrected chi connectivity index (χ2v) is 6.06. The molecule has 0 aromatic heterocycles. The Morgan fingerprint density at radius 2 is 1.75 bits per heavy atom. The molecule has 1 aliphatic heterocycles. The van der Waals surface area contributed by atoms with Crippen LogP contribution in [0.25, 0.3) is 0 Å². The molecule has 0 aromatic rings. The average molecular weight is 226 g/mol. The van der Waals surface area contributed by atoms with Crippen LogP contribution in [-0.2, 0) is 0 Å². The quantitative estimate of drug-likeness (QED) is 0.757. The fourth-order valence-corrected chi connectivity index (χ4v) is 3.49. The van der Waals surface area contributed by atoms with Gasteiger partial charge in [0.1, 0.15) is 12.1 Å². The monoisotopic (exact) mass is 226 g/mol. The minimum absolute atomic E-state index is 0.0419. The number of nitrogens with two attached hydrogens (primary N) is 1. The van der Waals surface area contributed by atoms with Crippen LogP contribution in [0.3, 0.4) is 0 Å². The molecule has 1 saturated heterocycles. The summed E-state index contributed by atoms with van der Waals surface area (Å²) in [6.45, 7) is 2.29. The predicted molar refractivity (Wildman–Crippen MR) is 66.2 cm³/mol. The standard InChI is InChI=1S/C14H27NO/c1-11-7-10-14(16)13(15-11)9-8-12-5-3-2-4-6-12/h11-16H,2-10H2,1H3/p+1. The number of piperidine rings is 1. The van der Waals surface area contributed by atoms with E-state index in [1.54, 1.807) is 0 Å². The molecule has 2 fully saturated rings. The van der Waals surface area contributed by atoms with Gasteiger partial charge in [0.2, 0.25) is 0 Å². The first-order valence-corrected chi connectivity index (χ1v) is 7.29. The molecule has 16 heavy (non-hydrogen) atoms. The molecular weight excluding hydrogens is 198 g/mol. The lowest BCUT2D eigenvalue weighted by atomic mass is 9.83. The first-order valence-electron chi connectivity index (χ1n) is 7.29. The van der Waals surface area contributed by atoms with Gasteiger partial charge in [0.25, 0.3) is 0 Å². The maximum Gasteiger partial charge on any atom is 0.112 e. The van der Waals surface area contributed by atoms with Crippen LogP contribution in [0.2, 0.25) is 0 Å². The van der Waals surface area contributed by atoms with Crippen molar-refractivity contribution >= 4 is 0 Å². The van der Waals surface area contributed by atoms with E-state index in [2.05, 4.69) is 12.2 Å². The Bertz CT molecular complexity index is 201. The highest BCUT2D eigenvalue weighted by Gasteiger charge is 2.30. The summed E-state index contributed by atoms with van der Waals surface area (Å²) in [5, 5.41) is 12.4. The van der Waals surface area contributed by atoms with Crippen LogP contribution >= 0.6 is 0 Å². The Morgan fingerprint density at radius 3 is 2.50 bits per heavy atom. The van der Waals surface area contributed by atoms with Gasteiger partial charge in [-0.15, -0.1) is 0 Å². The van der Waals surface area contributed by atoms with Crippen molar-refractivity contribution in [1.82, 2.24) is 0 Å². The van der Waals surface area contributed by atoms with Gasteiger partial charge in [-0.2, -0.15) is 0 Å². The van der Waals surface area contributed by atoms with E-state index in [1.807, 2.05) is 0 Å². The summed E-state index contributed by atoms with van der Waals surface area (Å²) < 4.78 is 0. The molecule has 0 bridgehead atoms. The molecule has 3 atom stereocenters. The highest BCUT2D eigenvalue weighted by Crippen LogP contribution is 2.28. The Labute approximate surface area is 99.8 Å². The molecule has 3 unspecified atom stereocenters. The van der Waals surface area contributed by atoms with Crippen molar-refractivity contribution in [3.63, 3.8) is 0 Å². The number of hydrogen-bond donors (Lipinski definition) is 2. The lowest BCUT2D eigenvalue weighted by molar-refractivity contribution is -0.734. The summed E-state index contributed by atoms with van der Waals surface area (Å²) in [6, 6.07) is 1.21. The number of aliphatic hydroxyl groups excluding tert-OH is 1. The van der Waals surface area contributed by atoms with Crippen molar-refractivity contribution < 1.29 is 10.4 Å². The van der Waals surface area contributed by atoms with Crippen LogP contribution in [-0.4, -0.2) is 23.3 Å². The minimum Gasteiger partial charge on any atom is -0.387 e. The summed E-state index contributed by atoms with van der Waals surface area (Å²) in [7, 11) is 0. The van der Waals surface area contributed by atoms with Crippen molar-refractivity contribution in [2.24, 2.45) is 5.92 Å². The van der Waals surface area contributed by atoms with Crippen molar-refractivity contribution in [1.29, 1.82) is 0 Å². The van der Waals surface area contributed by atoms with Gasteiger partial charge in [-0.05, 0) is 25.7 Å². The summed E-state index contributed by atoms with van der Waals surface area (Å²) in [5.41, 5.74) is 0. The average Bonchev–Trinajstić information content (AvgIpc) is 2.32. The minimum atomic E-state index is -0.0419. The Morgan fingerprint density at radius 1 is 1.00 bits per heavy atom. The third kappa shape index (κ3) is 3.46. The van der Waals surface area contributed by atoms with Crippen molar-refractivity contribution in [3.05, 3.63) is 0 Å². The van der Waals surface area contributed by atoms with E-state index in [0.29, 0.717) is 6.04 Å². The van der Waals surface area contributed by atoms with Crippen LogP contribution in [0, 0.1) is 5.92 Å². The van der Waals surface area contributed by atoms with Crippen molar-refractivity contribution in [2.75, 3.05) is 0 Å². The van der Waals surface area contributed by atoms with Gasteiger partial charge in [-0.25, -0.2) is 0 Å². The largest absolute Gasteiger partial charge is 0.387 e. The van der Waals surface area contributed by atoms with E-state index >= 15 is 0 Å². The fraction of sp³-hybridized carbons (Fsp3) is 1.00. The van der Waals surface area contributed by atoms with E-state index in [9.17, 15) is 5.11 Å². The fourth-order valence-electron chi connectivity index (χ4n) is 3.49. The smallest absolute Gasteiger partial charge is 0.112 e. The van der Waals surface area contributed by atoms with E-state index in [4.69, 9.17) is 0 Å². The summed E-state index contributed by atoms with van der Waals surface area (Å²) in [5.74, 6) is 0.964.